The smallest absolute Gasteiger partial charge is 0.164 e. The van der Waals surface area contributed by atoms with E-state index in [2.05, 4.69) is 42.0 Å². The second-order valence-corrected chi connectivity index (χ2v) is 8.57. The molecule has 31 heavy (non-hydrogen) atoms. The number of carbonyl (C=O) groups is 1. The van der Waals surface area contributed by atoms with Crippen molar-refractivity contribution in [3.8, 4) is 0 Å². The molecule has 0 N–H and O–H groups in total. The number of rotatable bonds is 5. The number of imidazole rings is 1. The molecule has 1 aliphatic rings. The van der Waals surface area contributed by atoms with Gasteiger partial charge >= 0.3 is 0 Å². The van der Waals surface area contributed by atoms with Gasteiger partial charge in [0, 0.05) is 49.7 Å². The summed E-state index contributed by atoms with van der Waals surface area (Å²) in [6.07, 6.45) is 7.58. The molecule has 1 saturated heterocycles. The van der Waals surface area contributed by atoms with Gasteiger partial charge in [0.25, 0.3) is 0 Å². The molecule has 1 aliphatic heterocycles. The van der Waals surface area contributed by atoms with Crippen LogP contribution in [0.4, 0.5) is 5.69 Å². The molecule has 5 nitrogen and oxygen atoms in total. The largest absolute Gasteiger partial charge is 0.370 e. The van der Waals surface area contributed by atoms with Crippen LogP contribution in [-0.2, 0) is 4.79 Å². The van der Waals surface area contributed by atoms with E-state index in [0.29, 0.717) is 12.0 Å². The highest BCUT2D eigenvalue weighted by molar-refractivity contribution is 6.24. The van der Waals surface area contributed by atoms with Gasteiger partial charge in [-0.2, -0.15) is 0 Å². The summed E-state index contributed by atoms with van der Waals surface area (Å²) in [5.74, 6) is 0.111. The summed E-state index contributed by atoms with van der Waals surface area (Å²) in [7, 11) is 2.19. The Morgan fingerprint density at radius 2 is 1.94 bits per heavy atom. The van der Waals surface area contributed by atoms with Gasteiger partial charge in [0.05, 0.1) is 5.69 Å². The van der Waals surface area contributed by atoms with Gasteiger partial charge in [-0.1, -0.05) is 19.1 Å². The van der Waals surface area contributed by atoms with Gasteiger partial charge in [0.15, 0.2) is 5.78 Å². The molecule has 1 aromatic carbocycles. The molecular formula is C26H32N4O. The predicted octanol–water partition coefficient (Wildman–Crippen LogP) is 4.61. The summed E-state index contributed by atoms with van der Waals surface area (Å²) in [6.45, 7) is 10.4. The molecule has 3 heterocycles. The summed E-state index contributed by atoms with van der Waals surface area (Å²) in [4.78, 5) is 22.5. The van der Waals surface area contributed by atoms with Gasteiger partial charge in [0.1, 0.15) is 5.65 Å². The number of aryl methyl sites for hydroxylation is 2. The van der Waals surface area contributed by atoms with Crippen LogP contribution in [0.15, 0.2) is 42.7 Å². The lowest BCUT2D eigenvalue weighted by Gasteiger charge is -2.23. The molecule has 0 aliphatic carbocycles. The zero-order valence-corrected chi connectivity index (χ0v) is 19.1. The number of Topliss-reactive ketones (excluding diaryl/α,β-unsaturated/α-hetero) is 1. The number of hydrogen-bond acceptors (Lipinski definition) is 4. The van der Waals surface area contributed by atoms with Crippen LogP contribution in [0, 0.1) is 13.8 Å². The van der Waals surface area contributed by atoms with Crippen LogP contribution >= 0.6 is 0 Å². The summed E-state index contributed by atoms with van der Waals surface area (Å²) in [5.41, 5.74) is 6.92. The molecule has 4 rings (SSSR count). The minimum Gasteiger partial charge on any atom is -0.370 e. The SMILES string of the molecule is CCC(=O)/C(=C\c1ccc(N2CCCN(C)CC2)cc1C)c1cn2cccc(C)c2n1. The summed E-state index contributed by atoms with van der Waals surface area (Å²) >= 11 is 0. The fraction of sp³-hybridized carbons (Fsp3) is 0.385. The Morgan fingerprint density at radius 3 is 2.68 bits per heavy atom. The van der Waals surface area contributed by atoms with Crippen LogP contribution in [-0.4, -0.2) is 53.3 Å². The van der Waals surface area contributed by atoms with Crippen molar-refractivity contribution in [1.82, 2.24) is 14.3 Å². The van der Waals surface area contributed by atoms with Crippen LogP contribution in [0.3, 0.4) is 0 Å². The number of hydrogen-bond donors (Lipinski definition) is 0. The number of allylic oxidation sites excluding steroid dienone is 1. The van der Waals surface area contributed by atoms with Crippen LogP contribution in [0.1, 0.15) is 42.1 Å². The summed E-state index contributed by atoms with van der Waals surface area (Å²) in [6, 6.07) is 10.6. The number of nitrogens with zero attached hydrogens (tertiary/aromatic N) is 4. The van der Waals surface area contributed by atoms with Crippen molar-refractivity contribution in [1.29, 1.82) is 0 Å². The molecule has 3 aromatic rings. The maximum atomic E-state index is 12.8. The number of pyridine rings is 1. The number of benzene rings is 1. The van der Waals surface area contributed by atoms with E-state index in [4.69, 9.17) is 4.98 Å². The number of fused-ring (bicyclic) bond motifs is 1. The molecule has 0 radical (unpaired) electrons. The highest BCUT2D eigenvalue weighted by Crippen LogP contribution is 2.26. The molecule has 0 spiro atoms. The quantitative estimate of drug-likeness (QED) is 0.570. The second-order valence-electron chi connectivity index (χ2n) is 8.57. The zero-order valence-electron chi connectivity index (χ0n) is 19.1. The second kappa shape index (κ2) is 9.06. The lowest BCUT2D eigenvalue weighted by atomic mass is 9.99. The Bertz CT molecular complexity index is 1130. The number of carbonyl (C=O) groups excluding carboxylic acids is 1. The van der Waals surface area contributed by atoms with Crippen molar-refractivity contribution in [3.05, 3.63) is 65.1 Å². The van der Waals surface area contributed by atoms with E-state index in [9.17, 15) is 4.79 Å². The molecule has 1 fully saturated rings. The van der Waals surface area contributed by atoms with Crippen molar-refractivity contribution in [2.45, 2.75) is 33.6 Å². The van der Waals surface area contributed by atoms with Crippen LogP contribution in [0.5, 0.6) is 0 Å². The fourth-order valence-corrected chi connectivity index (χ4v) is 4.25. The Kier molecular flexibility index (Phi) is 6.23. The number of ketones is 1. The average Bonchev–Trinajstić information content (AvgIpc) is 3.08. The first kappa shape index (κ1) is 21.3. The van der Waals surface area contributed by atoms with Crippen LogP contribution in [0.25, 0.3) is 17.3 Å². The van der Waals surface area contributed by atoms with E-state index in [1.807, 2.05) is 48.9 Å². The van der Waals surface area contributed by atoms with Crippen molar-refractivity contribution < 1.29 is 4.79 Å². The van der Waals surface area contributed by atoms with E-state index < -0.39 is 0 Å². The Hall–Kier alpha value is -2.92. The molecular weight excluding hydrogens is 384 g/mol. The highest BCUT2D eigenvalue weighted by Gasteiger charge is 2.17. The minimum absolute atomic E-state index is 0.111. The van der Waals surface area contributed by atoms with Gasteiger partial charge in [-0.15, -0.1) is 0 Å². The average molecular weight is 417 g/mol. The minimum atomic E-state index is 0.111. The Morgan fingerprint density at radius 1 is 1.10 bits per heavy atom. The predicted molar refractivity (Wildman–Crippen MR) is 129 cm³/mol. The first-order valence-corrected chi connectivity index (χ1v) is 11.2. The van der Waals surface area contributed by atoms with E-state index in [-0.39, 0.29) is 5.78 Å². The normalized spacial score (nSPS) is 16.0. The van der Waals surface area contributed by atoms with E-state index in [0.717, 1.165) is 48.6 Å². The van der Waals surface area contributed by atoms with Crippen molar-refractivity contribution in [2.24, 2.45) is 0 Å². The fourth-order valence-electron chi connectivity index (χ4n) is 4.25. The molecule has 5 heteroatoms. The molecule has 2 aromatic heterocycles. The lowest BCUT2D eigenvalue weighted by molar-refractivity contribution is -0.113. The van der Waals surface area contributed by atoms with E-state index in [1.165, 1.54) is 17.7 Å². The lowest BCUT2D eigenvalue weighted by Crippen LogP contribution is -2.28. The van der Waals surface area contributed by atoms with Gasteiger partial charge < -0.3 is 14.2 Å². The molecule has 0 amide bonds. The maximum Gasteiger partial charge on any atom is 0.164 e. The first-order chi connectivity index (χ1) is 15.0. The zero-order chi connectivity index (χ0) is 22.0. The highest BCUT2D eigenvalue weighted by atomic mass is 16.1. The van der Waals surface area contributed by atoms with Crippen LogP contribution in [0.2, 0.25) is 0 Å². The molecule has 0 atom stereocenters. The monoisotopic (exact) mass is 416 g/mol. The first-order valence-electron chi connectivity index (χ1n) is 11.2. The van der Waals surface area contributed by atoms with E-state index in [1.54, 1.807) is 0 Å². The van der Waals surface area contributed by atoms with Gasteiger partial charge in [-0.25, -0.2) is 4.98 Å². The Labute approximate surface area is 185 Å². The molecule has 0 saturated carbocycles. The molecule has 162 valence electrons. The third-order valence-corrected chi connectivity index (χ3v) is 6.21. The maximum absolute atomic E-state index is 12.8. The van der Waals surface area contributed by atoms with Crippen molar-refractivity contribution in [3.63, 3.8) is 0 Å². The van der Waals surface area contributed by atoms with Crippen molar-refractivity contribution >= 4 is 28.8 Å². The van der Waals surface area contributed by atoms with E-state index >= 15 is 0 Å². The van der Waals surface area contributed by atoms with Gasteiger partial charge in [-0.05, 0) is 74.8 Å². The number of anilines is 1. The summed E-state index contributed by atoms with van der Waals surface area (Å²) in [5, 5.41) is 0. The summed E-state index contributed by atoms with van der Waals surface area (Å²) < 4.78 is 1.99. The van der Waals surface area contributed by atoms with Crippen LogP contribution < -0.4 is 4.90 Å². The standard InChI is InChI=1S/C26H32N4O/c1-5-25(31)23(24-18-30-12-6-8-19(2)26(30)27-24)17-21-9-10-22(16-20(21)3)29-13-7-11-28(4)14-15-29/h6,8-10,12,16-18H,5,7,11,13-15H2,1-4H3/b23-17-. The van der Waals surface area contributed by atoms with Crippen molar-refractivity contribution in [2.75, 3.05) is 38.1 Å². The van der Waals surface area contributed by atoms with Gasteiger partial charge in [-0.3, -0.25) is 4.79 Å². The van der Waals surface area contributed by atoms with Gasteiger partial charge in [0.2, 0.25) is 0 Å². The molecule has 0 bridgehead atoms. The third kappa shape index (κ3) is 4.57. The number of likely N-dealkylation sites (N-methyl/N-ethyl adjacent to an activating group) is 1. The Balaban J connectivity index is 1.69. The molecule has 0 unspecified atom stereocenters. The number of aromatic nitrogens is 2. The third-order valence-electron chi connectivity index (χ3n) is 6.21. The topological polar surface area (TPSA) is 40.9 Å².